The SMILES string of the molecule is CCN(Cc1cccs1)C(=O)c1cc(-c2cc(OC)c(OC)c(OC)c2)nc2ccccc12. The lowest BCUT2D eigenvalue weighted by atomic mass is 10.0. The van der Waals surface area contributed by atoms with Crippen molar-refractivity contribution >= 4 is 28.1 Å². The first kappa shape index (κ1) is 22.6. The Bertz CT molecular complexity index is 1250. The highest BCUT2D eigenvalue weighted by atomic mass is 32.1. The third-order valence-electron chi connectivity index (χ3n) is 5.50. The van der Waals surface area contributed by atoms with Crippen molar-refractivity contribution in [2.45, 2.75) is 13.5 Å². The van der Waals surface area contributed by atoms with Gasteiger partial charge in [-0.05, 0) is 42.6 Å². The Morgan fingerprint density at radius 1 is 0.970 bits per heavy atom. The second-order valence-electron chi connectivity index (χ2n) is 7.38. The molecule has 2 aromatic heterocycles. The van der Waals surface area contributed by atoms with Gasteiger partial charge >= 0.3 is 0 Å². The summed E-state index contributed by atoms with van der Waals surface area (Å²) in [5.74, 6) is 1.54. The highest BCUT2D eigenvalue weighted by molar-refractivity contribution is 7.09. The van der Waals surface area contributed by atoms with Crippen molar-refractivity contribution in [1.29, 1.82) is 0 Å². The Morgan fingerprint density at radius 3 is 2.30 bits per heavy atom. The fourth-order valence-corrected chi connectivity index (χ4v) is 4.54. The van der Waals surface area contributed by atoms with E-state index < -0.39 is 0 Å². The van der Waals surface area contributed by atoms with Gasteiger partial charge in [0.2, 0.25) is 5.75 Å². The number of pyridine rings is 1. The molecule has 4 rings (SSSR count). The van der Waals surface area contributed by atoms with Crippen LogP contribution in [0.2, 0.25) is 0 Å². The summed E-state index contributed by atoms with van der Waals surface area (Å²) < 4.78 is 16.5. The number of ether oxygens (including phenoxy) is 3. The second kappa shape index (κ2) is 9.92. The number of rotatable bonds is 8. The molecule has 170 valence electrons. The van der Waals surface area contributed by atoms with Crippen molar-refractivity contribution in [2.75, 3.05) is 27.9 Å². The average Bonchev–Trinajstić information content (AvgIpc) is 3.38. The van der Waals surface area contributed by atoms with Crippen LogP contribution in [0, 0.1) is 0 Å². The second-order valence-corrected chi connectivity index (χ2v) is 8.42. The average molecular weight is 463 g/mol. The molecule has 0 bridgehead atoms. The number of hydrogen-bond acceptors (Lipinski definition) is 6. The summed E-state index contributed by atoms with van der Waals surface area (Å²) in [4.78, 5) is 21.5. The number of thiophene rings is 1. The number of methoxy groups -OCH3 is 3. The van der Waals surface area contributed by atoms with Crippen LogP contribution in [0.25, 0.3) is 22.2 Å². The van der Waals surface area contributed by atoms with Crippen molar-refractivity contribution in [1.82, 2.24) is 9.88 Å². The van der Waals surface area contributed by atoms with Crippen LogP contribution >= 0.6 is 11.3 Å². The molecule has 0 radical (unpaired) electrons. The summed E-state index contributed by atoms with van der Waals surface area (Å²) in [7, 11) is 4.72. The molecule has 0 saturated heterocycles. The molecule has 0 unspecified atom stereocenters. The largest absolute Gasteiger partial charge is 0.493 e. The number of fused-ring (bicyclic) bond motifs is 1. The Morgan fingerprint density at radius 2 is 1.70 bits per heavy atom. The smallest absolute Gasteiger partial charge is 0.254 e. The lowest BCUT2D eigenvalue weighted by Crippen LogP contribution is -2.30. The van der Waals surface area contributed by atoms with Crippen molar-refractivity contribution in [2.24, 2.45) is 0 Å². The van der Waals surface area contributed by atoms with Gasteiger partial charge in [-0.1, -0.05) is 24.3 Å². The topological polar surface area (TPSA) is 60.9 Å². The normalized spacial score (nSPS) is 10.8. The highest BCUT2D eigenvalue weighted by Gasteiger charge is 2.21. The minimum Gasteiger partial charge on any atom is -0.493 e. The number of carbonyl (C=O) groups is 1. The van der Waals surface area contributed by atoms with E-state index in [1.54, 1.807) is 32.7 Å². The number of hydrogen-bond donors (Lipinski definition) is 0. The van der Waals surface area contributed by atoms with Gasteiger partial charge in [-0.15, -0.1) is 11.3 Å². The van der Waals surface area contributed by atoms with Crippen LogP contribution in [0.4, 0.5) is 0 Å². The number of nitrogens with zero attached hydrogens (tertiary/aromatic N) is 2. The standard InChI is InChI=1S/C26H26N2O4S/c1-5-28(16-18-9-8-12-33-18)26(29)20-15-22(27-21-11-7-6-10-19(20)21)17-13-23(30-2)25(32-4)24(14-17)31-3/h6-15H,5,16H2,1-4H3. The van der Waals surface area contributed by atoms with E-state index in [0.29, 0.717) is 41.6 Å². The molecule has 0 aliphatic carbocycles. The number of benzene rings is 2. The molecule has 2 heterocycles. The van der Waals surface area contributed by atoms with Gasteiger partial charge in [-0.3, -0.25) is 4.79 Å². The van der Waals surface area contributed by atoms with E-state index in [4.69, 9.17) is 19.2 Å². The summed E-state index contributed by atoms with van der Waals surface area (Å²) in [5, 5.41) is 2.85. The summed E-state index contributed by atoms with van der Waals surface area (Å²) >= 11 is 1.65. The minimum atomic E-state index is -0.0295. The zero-order valence-electron chi connectivity index (χ0n) is 19.1. The van der Waals surface area contributed by atoms with E-state index in [1.165, 1.54) is 0 Å². The van der Waals surface area contributed by atoms with Gasteiger partial charge < -0.3 is 19.1 Å². The third kappa shape index (κ3) is 4.50. The van der Waals surface area contributed by atoms with Crippen molar-refractivity contribution < 1.29 is 19.0 Å². The van der Waals surface area contributed by atoms with E-state index in [-0.39, 0.29) is 5.91 Å². The fourth-order valence-electron chi connectivity index (χ4n) is 3.82. The lowest BCUT2D eigenvalue weighted by molar-refractivity contribution is 0.0756. The predicted molar refractivity (Wildman–Crippen MR) is 132 cm³/mol. The van der Waals surface area contributed by atoms with Gasteiger partial charge in [0.25, 0.3) is 5.91 Å². The Kier molecular flexibility index (Phi) is 6.79. The molecule has 0 atom stereocenters. The highest BCUT2D eigenvalue weighted by Crippen LogP contribution is 2.41. The van der Waals surface area contributed by atoms with Gasteiger partial charge in [0.05, 0.1) is 44.6 Å². The monoisotopic (exact) mass is 462 g/mol. The number of para-hydroxylation sites is 1. The quantitative estimate of drug-likeness (QED) is 0.339. The lowest BCUT2D eigenvalue weighted by Gasteiger charge is -2.22. The van der Waals surface area contributed by atoms with Crippen LogP contribution in [0.5, 0.6) is 17.2 Å². The zero-order valence-corrected chi connectivity index (χ0v) is 19.9. The maximum absolute atomic E-state index is 13.7. The summed E-state index contributed by atoms with van der Waals surface area (Å²) in [6, 6.07) is 17.3. The number of carbonyl (C=O) groups excluding carboxylic acids is 1. The van der Waals surface area contributed by atoms with Gasteiger partial charge in [-0.25, -0.2) is 4.98 Å². The summed E-state index contributed by atoms with van der Waals surface area (Å²) in [6.07, 6.45) is 0. The molecule has 0 fully saturated rings. The molecule has 33 heavy (non-hydrogen) atoms. The molecular formula is C26H26N2O4S. The first-order valence-electron chi connectivity index (χ1n) is 10.6. The van der Waals surface area contributed by atoms with E-state index in [1.807, 2.05) is 71.8 Å². The molecule has 0 N–H and O–H groups in total. The molecule has 0 saturated carbocycles. The van der Waals surface area contributed by atoms with Gasteiger partial charge in [-0.2, -0.15) is 0 Å². The summed E-state index contributed by atoms with van der Waals surface area (Å²) in [6.45, 7) is 3.17. The van der Waals surface area contributed by atoms with Gasteiger partial charge in [0.1, 0.15) is 0 Å². The first-order chi connectivity index (χ1) is 16.1. The van der Waals surface area contributed by atoms with Crippen LogP contribution < -0.4 is 14.2 Å². The van der Waals surface area contributed by atoms with E-state index in [9.17, 15) is 4.79 Å². The van der Waals surface area contributed by atoms with Crippen molar-refractivity contribution in [3.8, 4) is 28.5 Å². The molecular weight excluding hydrogens is 436 g/mol. The summed E-state index contributed by atoms with van der Waals surface area (Å²) in [5.41, 5.74) is 2.79. The first-order valence-corrected chi connectivity index (χ1v) is 11.5. The van der Waals surface area contributed by atoms with Gasteiger partial charge in [0.15, 0.2) is 11.5 Å². The van der Waals surface area contributed by atoms with Crippen LogP contribution in [0.3, 0.4) is 0 Å². The molecule has 0 aliphatic heterocycles. The molecule has 4 aromatic rings. The molecule has 7 heteroatoms. The zero-order chi connectivity index (χ0) is 23.4. The fraction of sp³-hybridized carbons (Fsp3) is 0.231. The molecule has 2 aromatic carbocycles. The van der Waals surface area contributed by atoms with Crippen LogP contribution in [-0.4, -0.2) is 43.7 Å². The molecule has 0 aliphatic rings. The van der Waals surface area contributed by atoms with Crippen molar-refractivity contribution in [3.63, 3.8) is 0 Å². The van der Waals surface area contributed by atoms with Gasteiger partial charge in [0, 0.05) is 22.4 Å². The molecule has 1 amide bonds. The Labute approximate surface area is 197 Å². The van der Waals surface area contributed by atoms with E-state index >= 15 is 0 Å². The Balaban J connectivity index is 1.85. The number of amides is 1. The molecule has 6 nitrogen and oxygen atoms in total. The Hall–Kier alpha value is -3.58. The van der Waals surface area contributed by atoms with E-state index in [2.05, 4.69) is 0 Å². The van der Waals surface area contributed by atoms with Crippen LogP contribution in [0.1, 0.15) is 22.2 Å². The third-order valence-corrected chi connectivity index (χ3v) is 6.36. The maximum atomic E-state index is 13.7. The van der Waals surface area contributed by atoms with Crippen LogP contribution in [0.15, 0.2) is 60.0 Å². The molecule has 0 spiro atoms. The minimum absolute atomic E-state index is 0.0295. The predicted octanol–water partition coefficient (Wildman–Crippen LogP) is 5.65. The van der Waals surface area contributed by atoms with Crippen molar-refractivity contribution in [3.05, 3.63) is 70.4 Å². The van der Waals surface area contributed by atoms with Crippen LogP contribution in [-0.2, 0) is 6.54 Å². The number of aromatic nitrogens is 1. The van der Waals surface area contributed by atoms with E-state index in [0.717, 1.165) is 21.3 Å². The maximum Gasteiger partial charge on any atom is 0.254 e.